The van der Waals surface area contributed by atoms with Crippen molar-refractivity contribution < 1.29 is 9.90 Å². The number of nitrogens with zero attached hydrogens (tertiary/aromatic N) is 2. The molecular formula is C15H15N3O3. The quantitative estimate of drug-likeness (QED) is 0.869. The number of aromatic nitrogens is 2. The van der Waals surface area contributed by atoms with Crippen LogP contribution in [0.5, 0.6) is 0 Å². The molecule has 1 aromatic heterocycles. The summed E-state index contributed by atoms with van der Waals surface area (Å²) in [6, 6.07) is 6.78. The third-order valence-corrected chi connectivity index (χ3v) is 3.67. The van der Waals surface area contributed by atoms with E-state index in [1.165, 1.54) is 6.07 Å². The number of aryl methyl sites for hydroxylation is 1. The van der Waals surface area contributed by atoms with Gasteiger partial charge in [0.05, 0.1) is 5.56 Å². The first-order valence-corrected chi connectivity index (χ1v) is 6.71. The summed E-state index contributed by atoms with van der Waals surface area (Å²) in [5.74, 6) is 0.302. The van der Waals surface area contributed by atoms with E-state index < -0.39 is 5.97 Å². The number of hydrogen-bond donors (Lipinski definition) is 2. The minimum absolute atomic E-state index is 0.178. The summed E-state index contributed by atoms with van der Waals surface area (Å²) in [6.45, 7) is 2.95. The fourth-order valence-corrected chi connectivity index (χ4v) is 2.73. The molecule has 21 heavy (non-hydrogen) atoms. The van der Waals surface area contributed by atoms with Crippen LogP contribution in [0.15, 0.2) is 29.1 Å². The predicted molar refractivity (Wildman–Crippen MR) is 77.8 cm³/mol. The van der Waals surface area contributed by atoms with E-state index in [0.29, 0.717) is 36.7 Å². The smallest absolute Gasteiger partial charge is 0.335 e. The molecule has 0 unspecified atom stereocenters. The number of carboxylic acid groups (broad SMARTS) is 1. The molecule has 0 saturated heterocycles. The van der Waals surface area contributed by atoms with Gasteiger partial charge < -0.3 is 15.0 Å². The second-order valence-electron chi connectivity index (χ2n) is 5.11. The average molecular weight is 285 g/mol. The molecule has 1 aliphatic rings. The van der Waals surface area contributed by atoms with Crippen LogP contribution in [0.25, 0.3) is 0 Å². The molecule has 1 aliphatic heterocycles. The molecule has 2 aromatic rings. The summed E-state index contributed by atoms with van der Waals surface area (Å²) in [7, 11) is 0. The van der Waals surface area contributed by atoms with Gasteiger partial charge in [0.2, 0.25) is 0 Å². The highest BCUT2D eigenvalue weighted by Crippen LogP contribution is 2.25. The van der Waals surface area contributed by atoms with E-state index in [4.69, 9.17) is 0 Å². The first-order valence-electron chi connectivity index (χ1n) is 6.71. The predicted octanol–water partition coefficient (Wildman–Crippen LogP) is 1.34. The van der Waals surface area contributed by atoms with Crippen LogP contribution in [0.1, 0.15) is 27.3 Å². The second kappa shape index (κ2) is 5.05. The van der Waals surface area contributed by atoms with E-state index in [1.54, 1.807) is 19.1 Å². The second-order valence-corrected chi connectivity index (χ2v) is 5.11. The number of aromatic amines is 1. The summed E-state index contributed by atoms with van der Waals surface area (Å²) < 4.78 is 0. The minimum atomic E-state index is -0.898. The molecule has 6 heteroatoms. The van der Waals surface area contributed by atoms with Gasteiger partial charge >= 0.3 is 5.97 Å². The first-order chi connectivity index (χ1) is 10.0. The molecule has 0 radical (unpaired) electrons. The van der Waals surface area contributed by atoms with Crippen LogP contribution in [0.2, 0.25) is 0 Å². The zero-order valence-electron chi connectivity index (χ0n) is 11.6. The van der Waals surface area contributed by atoms with Gasteiger partial charge in [-0.25, -0.2) is 9.78 Å². The van der Waals surface area contributed by atoms with Crippen molar-refractivity contribution in [1.29, 1.82) is 0 Å². The number of H-pyrrole nitrogens is 1. The van der Waals surface area contributed by atoms with E-state index in [2.05, 4.69) is 9.97 Å². The van der Waals surface area contributed by atoms with Gasteiger partial charge in [0, 0.05) is 19.2 Å². The summed E-state index contributed by atoms with van der Waals surface area (Å²) >= 11 is 0. The fourth-order valence-electron chi connectivity index (χ4n) is 2.73. The molecule has 6 nitrogen and oxygen atoms in total. The molecule has 0 amide bonds. The van der Waals surface area contributed by atoms with Crippen LogP contribution in [-0.2, 0) is 13.0 Å². The normalized spacial score (nSPS) is 13.9. The molecule has 0 atom stereocenters. The van der Waals surface area contributed by atoms with Gasteiger partial charge in [0.25, 0.3) is 5.56 Å². The van der Waals surface area contributed by atoms with Gasteiger partial charge in [-0.3, -0.25) is 4.79 Å². The van der Waals surface area contributed by atoms with Gasteiger partial charge in [0.1, 0.15) is 11.6 Å². The van der Waals surface area contributed by atoms with Crippen molar-refractivity contribution in [1.82, 2.24) is 9.97 Å². The number of hydrogen-bond acceptors (Lipinski definition) is 4. The zero-order chi connectivity index (χ0) is 15.0. The third-order valence-electron chi connectivity index (χ3n) is 3.67. The van der Waals surface area contributed by atoms with Crippen LogP contribution in [-0.4, -0.2) is 27.6 Å². The number of rotatable bonds is 2. The van der Waals surface area contributed by atoms with Crippen molar-refractivity contribution >= 4 is 11.8 Å². The third kappa shape index (κ3) is 2.52. The van der Waals surface area contributed by atoms with Crippen LogP contribution in [0, 0.1) is 6.92 Å². The highest BCUT2D eigenvalue weighted by molar-refractivity contribution is 5.90. The lowest BCUT2D eigenvalue weighted by molar-refractivity contribution is 0.0695. The van der Waals surface area contributed by atoms with Crippen LogP contribution < -0.4 is 10.5 Å². The Hall–Kier alpha value is -2.63. The maximum Gasteiger partial charge on any atom is 0.335 e. The molecule has 0 saturated carbocycles. The van der Waals surface area contributed by atoms with E-state index >= 15 is 0 Å². The molecule has 0 spiro atoms. The largest absolute Gasteiger partial charge is 0.478 e. The van der Waals surface area contributed by atoms with E-state index in [-0.39, 0.29) is 5.56 Å². The van der Waals surface area contributed by atoms with Crippen molar-refractivity contribution in [2.45, 2.75) is 19.9 Å². The van der Waals surface area contributed by atoms with Crippen molar-refractivity contribution in [2.24, 2.45) is 0 Å². The Morgan fingerprint density at radius 3 is 2.95 bits per heavy atom. The van der Waals surface area contributed by atoms with Crippen molar-refractivity contribution in [3.8, 4) is 0 Å². The fraction of sp³-hybridized carbons (Fsp3) is 0.267. The maximum atomic E-state index is 11.5. The highest BCUT2D eigenvalue weighted by atomic mass is 16.4. The van der Waals surface area contributed by atoms with Crippen LogP contribution in [0.4, 0.5) is 5.82 Å². The average Bonchev–Trinajstić information content (AvgIpc) is 2.44. The van der Waals surface area contributed by atoms with Crippen molar-refractivity contribution in [2.75, 3.05) is 11.4 Å². The molecule has 0 fully saturated rings. The molecule has 108 valence electrons. The Bertz CT molecular complexity index is 767. The Morgan fingerprint density at radius 1 is 1.43 bits per heavy atom. The SMILES string of the molecule is Cc1nc(N2CCc3c(cccc3C(=O)O)C2)cc(=O)[nH]1. The molecule has 2 N–H and O–H groups in total. The Morgan fingerprint density at radius 2 is 2.24 bits per heavy atom. The summed E-state index contributed by atoms with van der Waals surface area (Å²) in [5.41, 5.74) is 2.04. The lowest BCUT2D eigenvalue weighted by Gasteiger charge is -2.30. The van der Waals surface area contributed by atoms with Gasteiger partial charge in [-0.1, -0.05) is 12.1 Å². The number of carboxylic acids is 1. The zero-order valence-corrected chi connectivity index (χ0v) is 11.6. The Kier molecular flexibility index (Phi) is 3.21. The van der Waals surface area contributed by atoms with E-state index in [9.17, 15) is 14.7 Å². The van der Waals surface area contributed by atoms with Crippen molar-refractivity contribution in [3.05, 3.63) is 57.1 Å². The van der Waals surface area contributed by atoms with Gasteiger partial charge in [0.15, 0.2) is 0 Å². The number of anilines is 1. The first kappa shape index (κ1) is 13.4. The number of carbonyl (C=O) groups is 1. The monoisotopic (exact) mass is 285 g/mol. The number of nitrogens with one attached hydrogen (secondary N) is 1. The van der Waals surface area contributed by atoms with Crippen LogP contribution in [0.3, 0.4) is 0 Å². The van der Waals surface area contributed by atoms with Gasteiger partial charge in [-0.15, -0.1) is 0 Å². The maximum absolute atomic E-state index is 11.5. The molecular weight excluding hydrogens is 270 g/mol. The standard InChI is InChI=1S/C15H15N3O3/c1-9-16-13(7-14(19)17-9)18-6-5-11-10(8-18)3-2-4-12(11)15(20)21/h2-4,7H,5-6,8H2,1H3,(H,20,21)(H,16,17,19). The van der Waals surface area contributed by atoms with E-state index in [0.717, 1.165) is 11.1 Å². The molecule has 2 heterocycles. The topological polar surface area (TPSA) is 86.3 Å². The number of aromatic carboxylic acids is 1. The number of fused-ring (bicyclic) bond motifs is 1. The van der Waals surface area contributed by atoms with Gasteiger partial charge in [-0.2, -0.15) is 0 Å². The highest BCUT2D eigenvalue weighted by Gasteiger charge is 2.22. The molecule has 1 aromatic carbocycles. The molecule has 3 rings (SSSR count). The molecule has 0 bridgehead atoms. The lowest BCUT2D eigenvalue weighted by atomic mass is 9.94. The minimum Gasteiger partial charge on any atom is -0.478 e. The van der Waals surface area contributed by atoms with E-state index in [1.807, 2.05) is 11.0 Å². The number of benzene rings is 1. The lowest BCUT2D eigenvalue weighted by Crippen LogP contribution is -2.33. The molecule has 0 aliphatic carbocycles. The summed E-state index contributed by atoms with van der Waals surface area (Å²) in [5, 5.41) is 9.23. The Labute approximate surface area is 121 Å². The van der Waals surface area contributed by atoms with Crippen molar-refractivity contribution in [3.63, 3.8) is 0 Å². The summed E-state index contributed by atoms with van der Waals surface area (Å²) in [4.78, 5) is 31.7. The van der Waals surface area contributed by atoms with Gasteiger partial charge in [-0.05, 0) is 30.5 Å². The Balaban J connectivity index is 1.96. The summed E-state index contributed by atoms with van der Waals surface area (Å²) in [6.07, 6.45) is 0.630. The van der Waals surface area contributed by atoms with Crippen LogP contribution >= 0.6 is 0 Å².